The van der Waals surface area contributed by atoms with Crippen molar-refractivity contribution in [2.24, 2.45) is 5.92 Å². The zero-order valence-corrected chi connectivity index (χ0v) is 13.3. The highest BCUT2D eigenvalue weighted by Crippen LogP contribution is 2.24. The summed E-state index contributed by atoms with van der Waals surface area (Å²) in [6.45, 7) is 0.743. The average Bonchev–Trinajstić information content (AvgIpc) is 2.51. The van der Waals surface area contributed by atoms with Crippen molar-refractivity contribution in [2.45, 2.75) is 44.0 Å². The van der Waals surface area contributed by atoms with Gasteiger partial charge in [0.25, 0.3) is 0 Å². The molecule has 0 bridgehead atoms. The lowest BCUT2D eigenvalue weighted by Gasteiger charge is -2.24. The minimum atomic E-state index is -0.282. The molecule has 3 nitrogen and oxygen atoms in total. The summed E-state index contributed by atoms with van der Waals surface area (Å²) in [6, 6.07) is 10.4. The molecular weight excluding hydrogens is 282 g/mol. The second-order valence-electron chi connectivity index (χ2n) is 5.70. The molecule has 0 saturated heterocycles. The van der Waals surface area contributed by atoms with E-state index in [9.17, 15) is 9.90 Å². The number of amides is 1. The van der Waals surface area contributed by atoms with Crippen molar-refractivity contribution in [1.82, 2.24) is 5.32 Å². The molecular formula is C17H25NO2S. The molecule has 1 amide bonds. The Morgan fingerprint density at radius 1 is 1.29 bits per heavy atom. The molecule has 1 saturated carbocycles. The minimum absolute atomic E-state index is 0.0192. The van der Waals surface area contributed by atoms with Crippen molar-refractivity contribution >= 4 is 17.7 Å². The fourth-order valence-electron chi connectivity index (χ4n) is 2.70. The van der Waals surface area contributed by atoms with E-state index in [4.69, 9.17) is 0 Å². The first kappa shape index (κ1) is 16.4. The molecule has 1 aromatic rings. The maximum atomic E-state index is 12.0. The topological polar surface area (TPSA) is 49.3 Å². The summed E-state index contributed by atoms with van der Waals surface area (Å²) in [5.41, 5.74) is 1.35. The Kier molecular flexibility index (Phi) is 7.10. The molecule has 4 heteroatoms. The van der Waals surface area contributed by atoms with Gasteiger partial charge in [-0.25, -0.2) is 0 Å². The lowest BCUT2D eigenvalue weighted by atomic mass is 9.87. The molecule has 21 heavy (non-hydrogen) atoms. The predicted octanol–water partition coefficient (Wildman–Crippen LogP) is 2.98. The molecule has 0 unspecified atom stereocenters. The van der Waals surface area contributed by atoms with E-state index in [1.54, 1.807) is 0 Å². The SMILES string of the molecule is O=C(NCCCSCc1ccccc1)[C@@H]1CCC[C@H](O)C1. The number of nitrogens with one attached hydrogen (secondary N) is 1. The maximum absolute atomic E-state index is 12.0. The van der Waals surface area contributed by atoms with Crippen LogP contribution in [0.1, 0.15) is 37.7 Å². The van der Waals surface area contributed by atoms with E-state index in [0.29, 0.717) is 6.42 Å². The highest BCUT2D eigenvalue weighted by atomic mass is 32.2. The Labute approximate surface area is 131 Å². The zero-order chi connectivity index (χ0) is 14.9. The van der Waals surface area contributed by atoms with Gasteiger partial charge >= 0.3 is 0 Å². The van der Waals surface area contributed by atoms with E-state index >= 15 is 0 Å². The van der Waals surface area contributed by atoms with Crippen LogP contribution in [-0.4, -0.2) is 29.4 Å². The van der Waals surface area contributed by atoms with Crippen LogP contribution in [0.4, 0.5) is 0 Å². The van der Waals surface area contributed by atoms with E-state index in [1.807, 2.05) is 17.8 Å². The van der Waals surface area contributed by atoms with Crippen molar-refractivity contribution in [2.75, 3.05) is 12.3 Å². The largest absolute Gasteiger partial charge is 0.393 e. The van der Waals surface area contributed by atoms with Crippen LogP contribution in [0.25, 0.3) is 0 Å². The lowest BCUT2D eigenvalue weighted by molar-refractivity contribution is -0.127. The van der Waals surface area contributed by atoms with Crippen LogP contribution in [0.15, 0.2) is 30.3 Å². The molecule has 2 N–H and O–H groups in total. The fourth-order valence-corrected chi connectivity index (χ4v) is 3.62. The third-order valence-corrected chi connectivity index (χ3v) is 5.01. The van der Waals surface area contributed by atoms with Gasteiger partial charge in [-0.1, -0.05) is 36.8 Å². The van der Waals surface area contributed by atoms with Crippen LogP contribution in [0.2, 0.25) is 0 Å². The number of aliphatic hydroxyl groups is 1. The van der Waals surface area contributed by atoms with Crippen molar-refractivity contribution in [3.05, 3.63) is 35.9 Å². The number of carbonyl (C=O) groups is 1. The van der Waals surface area contributed by atoms with Crippen LogP contribution in [0.5, 0.6) is 0 Å². The minimum Gasteiger partial charge on any atom is -0.393 e. The van der Waals surface area contributed by atoms with Gasteiger partial charge in [-0.05, 0) is 37.0 Å². The van der Waals surface area contributed by atoms with Gasteiger partial charge in [-0.15, -0.1) is 0 Å². The van der Waals surface area contributed by atoms with Gasteiger partial charge in [0.1, 0.15) is 0 Å². The third-order valence-electron chi connectivity index (χ3n) is 3.89. The molecule has 0 aliphatic heterocycles. The zero-order valence-electron chi connectivity index (χ0n) is 12.5. The van der Waals surface area contributed by atoms with E-state index in [-0.39, 0.29) is 17.9 Å². The Morgan fingerprint density at radius 3 is 2.86 bits per heavy atom. The van der Waals surface area contributed by atoms with E-state index in [1.165, 1.54) is 5.56 Å². The Bertz CT molecular complexity index is 424. The van der Waals surface area contributed by atoms with Gasteiger partial charge in [0.2, 0.25) is 5.91 Å². The highest BCUT2D eigenvalue weighted by Gasteiger charge is 2.25. The number of benzene rings is 1. The van der Waals surface area contributed by atoms with Crippen LogP contribution in [0.3, 0.4) is 0 Å². The summed E-state index contributed by atoms with van der Waals surface area (Å²) in [6.07, 6.45) is 4.08. The summed E-state index contributed by atoms with van der Waals surface area (Å²) in [5, 5.41) is 12.6. The van der Waals surface area contributed by atoms with Crippen LogP contribution >= 0.6 is 11.8 Å². The Morgan fingerprint density at radius 2 is 2.10 bits per heavy atom. The Hall–Kier alpha value is -1.00. The summed E-state index contributed by atoms with van der Waals surface area (Å²) < 4.78 is 0. The van der Waals surface area contributed by atoms with E-state index in [2.05, 4.69) is 29.6 Å². The van der Waals surface area contributed by atoms with E-state index < -0.39 is 0 Å². The first-order chi connectivity index (χ1) is 10.3. The Balaban J connectivity index is 1.52. The monoisotopic (exact) mass is 307 g/mol. The smallest absolute Gasteiger partial charge is 0.223 e. The van der Waals surface area contributed by atoms with Crippen molar-refractivity contribution in [3.63, 3.8) is 0 Å². The number of thioether (sulfide) groups is 1. The quantitative estimate of drug-likeness (QED) is 0.761. The standard InChI is InChI=1S/C17H25NO2S/c19-16-9-4-8-15(12-16)17(20)18-10-5-11-21-13-14-6-2-1-3-7-14/h1-3,6-7,15-16,19H,4-5,8-13H2,(H,18,20)/t15-,16+/m1/s1. The van der Waals surface area contributed by atoms with Gasteiger partial charge in [-0.3, -0.25) is 4.79 Å². The summed E-state index contributed by atoms with van der Waals surface area (Å²) in [5.74, 6) is 2.24. The van der Waals surface area contributed by atoms with E-state index in [0.717, 1.165) is 43.7 Å². The average molecular weight is 307 g/mol. The van der Waals surface area contributed by atoms with Crippen molar-refractivity contribution in [3.8, 4) is 0 Å². The molecule has 2 rings (SSSR count). The number of hydrogen-bond acceptors (Lipinski definition) is 3. The summed E-state index contributed by atoms with van der Waals surface area (Å²) in [7, 11) is 0. The molecule has 0 radical (unpaired) electrons. The van der Waals surface area contributed by atoms with Gasteiger partial charge in [0.05, 0.1) is 6.10 Å². The lowest BCUT2D eigenvalue weighted by Crippen LogP contribution is -2.35. The molecule has 1 aliphatic carbocycles. The third kappa shape index (κ3) is 6.10. The van der Waals surface area contributed by atoms with Gasteiger partial charge in [-0.2, -0.15) is 11.8 Å². The maximum Gasteiger partial charge on any atom is 0.223 e. The second kappa shape index (κ2) is 9.11. The first-order valence-electron chi connectivity index (χ1n) is 7.83. The molecule has 1 aromatic carbocycles. The van der Waals surface area contributed by atoms with Gasteiger partial charge < -0.3 is 10.4 Å². The molecule has 0 aromatic heterocycles. The molecule has 1 fully saturated rings. The summed E-state index contributed by atoms with van der Waals surface area (Å²) >= 11 is 1.90. The first-order valence-corrected chi connectivity index (χ1v) is 8.98. The molecule has 0 heterocycles. The highest BCUT2D eigenvalue weighted by molar-refractivity contribution is 7.98. The number of carbonyl (C=O) groups excluding carboxylic acids is 1. The number of rotatable bonds is 7. The van der Waals surface area contributed by atoms with Crippen molar-refractivity contribution in [1.29, 1.82) is 0 Å². The van der Waals surface area contributed by atoms with Gasteiger partial charge in [0.15, 0.2) is 0 Å². The molecule has 116 valence electrons. The number of hydrogen-bond donors (Lipinski definition) is 2. The van der Waals surface area contributed by atoms with Crippen LogP contribution < -0.4 is 5.32 Å². The number of aliphatic hydroxyl groups excluding tert-OH is 1. The van der Waals surface area contributed by atoms with Crippen LogP contribution in [-0.2, 0) is 10.5 Å². The second-order valence-corrected chi connectivity index (χ2v) is 6.81. The normalized spacial score (nSPS) is 22.0. The summed E-state index contributed by atoms with van der Waals surface area (Å²) in [4.78, 5) is 12.0. The fraction of sp³-hybridized carbons (Fsp3) is 0.588. The van der Waals surface area contributed by atoms with Crippen molar-refractivity contribution < 1.29 is 9.90 Å². The molecule has 0 spiro atoms. The molecule has 1 aliphatic rings. The van der Waals surface area contributed by atoms with Gasteiger partial charge in [0, 0.05) is 18.2 Å². The predicted molar refractivity (Wildman–Crippen MR) is 88.2 cm³/mol. The van der Waals surface area contributed by atoms with Crippen LogP contribution in [0, 0.1) is 5.92 Å². The molecule has 2 atom stereocenters.